The van der Waals surface area contributed by atoms with Crippen LogP contribution < -0.4 is 0 Å². The minimum Gasteiger partial charge on any atom is -0.0883 e. The van der Waals surface area contributed by atoms with Crippen molar-refractivity contribution in [2.24, 2.45) is 5.92 Å². The summed E-state index contributed by atoms with van der Waals surface area (Å²) in [6.45, 7) is 8.52. The molecule has 0 spiro atoms. The molecule has 0 rings (SSSR count). The van der Waals surface area contributed by atoms with Gasteiger partial charge in [-0.15, -0.1) is 0 Å². The maximum Gasteiger partial charge on any atom is -0.0234 e. The van der Waals surface area contributed by atoms with Crippen molar-refractivity contribution >= 4 is 0 Å². The van der Waals surface area contributed by atoms with Gasteiger partial charge in [-0.2, -0.15) is 0 Å². The Morgan fingerprint density at radius 1 is 0.682 bits per heavy atom. The summed E-state index contributed by atoms with van der Waals surface area (Å²) in [5.74, 6) is 0.847. The van der Waals surface area contributed by atoms with E-state index in [1.54, 1.807) is 0 Å². The molecule has 22 heavy (non-hydrogen) atoms. The third-order valence-electron chi connectivity index (χ3n) is 4.64. The molecular formula is C22H43. The van der Waals surface area contributed by atoms with E-state index in [-0.39, 0.29) is 0 Å². The molecule has 0 aliphatic heterocycles. The molecule has 0 aliphatic carbocycles. The largest absolute Gasteiger partial charge is 0.0883 e. The van der Waals surface area contributed by atoms with Crippen molar-refractivity contribution < 1.29 is 0 Å². The van der Waals surface area contributed by atoms with Crippen LogP contribution in [-0.4, -0.2) is 0 Å². The highest BCUT2D eigenvalue weighted by atomic mass is 14.1. The van der Waals surface area contributed by atoms with Crippen molar-refractivity contribution in [3.63, 3.8) is 0 Å². The second kappa shape index (κ2) is 18.8. The fourth-order valence-corrected chi connectivity index (χ4v) is 3.07. The maximum absolute atomic E-state index is 3.92. The topological polar surface area (TPSA) is 0 Å². The summed E-state index contributed by atoms with van der Waals surface area (Å²) in [6.07, 6.45) is 27.0. The normalized spacial score (nSPS) is 13.0. The van der Waals surface area contributed by atoms with Gasteiger partial charge < -0.3 is 0 Å². The Kier molecular flexibility index (Phi) is 18.6. The molecule has 0 bridgehead atoms. The highest BCUT2D eigenvalue weighted by Gasteiger charge is 2.04. The monoisotopic (exact) mass is 307 g/mol. The van der Waals surface area contributed by atoms with Gasteiger partial charge in [0.05, 0.1) is 0 Å². The lowest BCUT2D eigenvalue weighted by Gasteiger charge is -2.12. The Labute approximate surface area is 142 Å². The summed E-state index contributed by atoms with van der Waals surface area (Å²) < 4.78 is 0. The molecule has 1 radical (unpaired) electrons. The van der Waals surface area contributed by atoms with Crippen LogP contribution >= 0.6 is 0 Å². The van der Waals surface area contributed by atoms with Crippen molar-refractivity contribution in [2.75, 3.05) is 0 Å². The number of hydrogen-bond donors (Lipinski definition) is 0. The average molecular weight is 308 g/mol. The highest BCUT2D eigenvalue weighted by molar-refractivity contribution is 4.88. The summed E-state index contributed by atoms with van der Waals surface area (Å²) in [5.41, 5.74) is 0. The van der Waals surface area contributed by atoms with Crippen LogP contribution in [0.15, 0.2) is 12.2 Å². The van der Waals surface area contributed by atoms with E-state index >= 15 is 0 Å². The van der Waals surface area contributed by atoms with Crippen molar-refractivity contribution in [1.82, 2.24) is 0 Å². The Balaban J connectivity index is 3.66. The van der Waals surface area contributed by atoms with Crippen LogP contribution in [0.4, 0.5) is 0 Å². The summed E-state index contributed by atoms with van der Waals surface area (Å²) in [6, 6.07) is 0. The van der Waals surface area contributed by atoms with Gasteiger partial charge in [-0.1, -0.05) is 110 Å². The predicted octanol–water partition coefficient (Wildman–Crippen LogP) is 8.27. The predicted molar refractivity (Wildman–Crippen MR) is 103 cm³/mol. The number of rotatable bonds is 17. The number of hydrogen-bond acceptors (Lipinski definition) is 0. The molecule has 1 atom stereocenters. The fraction of sp³-hybridized carbons (Fsp3) is 0.864. The first-order chi connectivity index (χ1) is 10.8. The van der Waals surface area contributed by atoms with E-state index in [4.69, 9.17) is 0 Å². The zero-order chi connectivity index (χ0) is 16.3. The van der Waals surface area contributed by atoms with Crippen LogP contribution in [-0.2, 0) is 0 Å². The van der Waals surface area contributed by atoms with Crippen molar-refractivity contribution in [3.05, 3.63) is 19.1 Å². The maximum atomic E-state index is 3.92. The first-order valence-corrected chi connectivity index (χ1v) is 10.3. The molecule has 0 amide bonds. The Hall–Kier alpha value is -0.260. The molecule has 1 unspecified atom stereocenters. The summed E-state index contributed by atoms with van der Waals surface area (Å²) in [7, 11) is 0. The molecule has 0 aromatic rings. The van der Waals surface area contributed by atoms with E-state index < -0.39 is 0 Å². The van der Waals surface area contributed by atoms with Gasteiger partial charge in [0.1, 0.15) is 0 Å². The first-order valence-electron chi connectivity index (χ1n) is 10.3. The minimum atomic E-state index is 0.847. The molecule has 0 saturated heterocycles. The molecule has 0 aliphatic rings. The van der Waals surface area contributed by atoms with Gasteiger partial charge in [0.2, 0.25) is 0 Å². The van der Waals surface area contributed by atoms with Crippen LogP contribution in [0.2, 0.25) is 0 Å². The van der Waals surface area contributed by atoms with Gasteiger partial charge in [-0.3, -0.25) is 0 Å². The van der Waals surface area contributed by atoms with Gasteiger partial charge in [0.15, 0.2) is 0 Å². The molecular weight excluding hydrogens is 264 g/mol. The van der Waals surface area contributed by atoms with E-state index in [0.29, 0.717) is 0 Å². The van der Waals surface area contributed by atoms with Gasteiger partial charge in [-0.25, -0.2) is 0 Å². The zero-order valence-corrected chi connectivity index (χ0v) is 15.8. The Morgan fingerprint density at radius 3 is 1.91 bits per heavy atom. The van der Waals surface area contributed by atoms with E-state index in [1.807, 2.05) is 0 Å². The summed E-state index contributed by atoms with van der Waals surface area (Å²) >= 11 is 0. The third-order valence-corrected chi connectivity index (χ3v) is 4.64. The molecule has 0 aromatic heterocycles. The molecule has 0 heteroatoms. The summed E-state index contributed by atoms with van der Waals surface area (Å²) in [4.78, 5) is 0. The standard InChI is InChI=1S/C22H43/c1-4-7-10-12-13-14-16-18-21-22(19-9-6-3)20-17-15-11-8-5-2/h17,20,22H,2,4-16,18-19,21H2,1,3H3/b20-17+. The lowest BCUT2D eigenvalue weighted by molar-refractivity contribution is 0.475. The van der Waals surface area contributed by atoms with Crippen LogP contribution in [0, 0.1) is 12.8 Å². The minimum absolute atomic E-state index is 0.847. The smallest absolute Gasteiger partial charge is 0.0234 e. The van der Waals surface area contributed by atoms with E-state index in [0.717, 1.165) is 12.3 Å². The zero-order valence-electron chi connectivity index (χ0n) is 15.8. The molecule has 0 saturated carbocycles. The first kappa shape index (κ1) is 21.7. The van der Waals surface area contributed by atoms with E-state index in [1.165, 1.54) is 96.3 Å². The van der Waals surface area contributed by atoms with Crippen molar-refractivity contribution in [1.29, 1.82) is 0 Å². The average Bonchev–Trinajstić information content (AvgIpc) is 2.54. The van der Waals surface area contributed by atoms with Crippen LogP contribution in [0.25, 0.3) is 0 Å². The van der Waals surface area contributed by atoms with Crippen LogP contribution in [0.3, 0.4) is 0 Å². The fourth-order valence-electron chi connectivity index (χ4n) is 3.07. The quantitative estimate of drug-likeness (QED) is 0.187. The Morgan fingerprint density at radius 2 is 1.27 bits per heavy atom. The molecule has 0 heterocycles. The van der Waals surface area contributed by atoms with Crippen molar-refractivity contribution in [2.45, 2.75) is 117 Å². The molecule has 0 N–H and O–H groups in total. The molecule has 0 aromatic carbocycles. The third kappa shape index (κ3) is 16.1. The lowest BCUT2D eigenvalue weighted by Crippen LogP contribution is -1.97. The number of allylic oxidation sites excluding steroid dienone is 2. The second-order valence-corrected chi connectivity index (χ2v) is 6.94. The van der Waals surface area contributed by atoms with Gasteiger partial charge in [-0.05, 0) is 31.6 Å². The van der Waals surface area contributed by atoms with Crippen LogP contribution in [0.1, 0.15) is 117 Å². The highest BCUT2D eigenvalue weighted by Crippen LogP contribution is 2.20. The van der Waals surface area contributed by atoms with Gasteiger partial charge in [0, 0.05) is 0 Å². The molecule has 0 fully saturated rings. The SMILES string of the molecule is [CH2]CCCC/C=C/C(CCCC)CCCCCCCCCC. The van der Waals surface area contributed by atoms with Gasteiger partial charge in [0.25, 0.3) is 0 Å². The van der Waals surface area contributed by atoms with Crippen LogP contribution in [0.5, 0.6) is 0 Å². The Bertz CT molecular complexity index is 216. The lowest BCUT2D eigenvalue weighted by atomic mass is 9.94. The second-order valence-electron chi connectivity index (χ2n) is 6.94. The van der Waals surface area contributed by atoms with Gasteiger partial charge >= 0.3 is 0 Å². The summed E-state index contributed by atoms with van der Waals surface area (Å²) in [5, 5.41) is 0. The molecule has 0 nitrogen and oxygen atoms in total. The number of unbranched alkanes of at least 4 members (excludes halogenated alkanes) is 11. The van der Waals surface area contributed by atoms with E-state index in [9.17, 15) is 0 Å². The van der Waals surface area contributed by atoms with E-state index in [2.05, 4.69) is 32.9 Å². The molecule has 131 valence electrons. The van der Waals surface area contributed by atoms with Crippen molar-refractivity contribution in [3.8, 4) is 0 Å².